The maximum absolute atomic E-state index is 12.2. The molecule has 7 N–H and O–H groups in total. The van der Waals surface area contributed by atoms with E-state index in [1.165, 1.54) is 59.4 Å². The van der Waals surface area contributed by atoms with E-state index in [-0.39, 0.29) is 17.4 Å². The van der Waals surface area contributed by atoms with Crippen LogP contribution in [0.25, 0.3) is 0 Å². The molecule has 1 aromatic heterocycles. The van der Waals surface area contributed by atoms with Crippen LogP contribution in [0.4, 0.5) is 16.4 Å². The number of carbonyl (C=O) groups excluding carboxylic acids is 2. The lowest BCUT2D eigenvalue weighted by Gasteiger charge is -2.40. The zero-order chi connectivity index (χ0) is 28.3. The highest BCUT2D eigenvalue weighted by Crippen LogP contribution is 2.27. The van der Waals surface area contributed by atoms with E-state index in [2.05, 4.69) is 15.9 Å². The molecule has 2 unspecified atom stereocenters. The monoisotopic (exact) mass is 546 g/mol. The summed E-state index contributed by atoms with van der Waals surface area (Å²) in [5.74, 6) is -1.61. The number of hydrogen-bond acceptors (Lipinski definition) is 12. The van der Waals surface area contributed by atoms with Gasteiger partial charge in [-0.25, -0.2) is 4.79 Å². The van der Waals surface area contributed by atoms with E-state index in [0.29, 0.717) is 11.3 Å². The fourth-order valence-electron chi connectivity index (χ4n) is 3.77. The fraction of sp³-hybridized carbons (Fsp3) is 0.333. The largest absolute Gasteiger partial charge is 0.547 e. The van der Waals surface area contributed by atoms with Gasteiger partial charge < -0.3 is 50.2 Å². The minimum absolute atomic E-state index is 0.00212. The van der Waals surface area contributed by atoms with Gasteiger partial charge in [0.15, 0.2) is 0 Å². The molecular weight excluding hydrogens is 520 g/mol. The first-order valence-corrected chi connectivity index (χ1v) is 11.6. The molecule has 7 atom stereocenters. The number of phenols is 1. The second kappa shape index (κ2) is 11.6. The van der Waals surface area contributed by atoms with Gasteiger partial charge in [0.1, 0.15) is 42.0 Å². The average Bonchev–Trinajstić information content (AvgIpc) is 3.38. The van der Waals surface area contributed by atoms with Crippen LogP contribution in [0.1, 0.15) is 24.6 Å². The molecule has 4 rings (SSSR count). The Hall–Kier alpha value is -4.28. The van der Waals surface area contributed by atoms with E-state index < -0.39 is 54.9 Å². The number of aromatic hydroxyl groups is 1. The Kier molecular flexibility index (Phi) is 8.27. The van der Waals surface area contributed by atoms with Gasteiger partial charge in [0.05, 0.1) is 5.97 Å². The number of amides is 2. The van der Waals surface area contributed by atoms with Crippen LogP contribution in [-0.4, -0.2) is 73.5 Å². The number of aliphatic hydroxyl groups excluding tert-OH is 4. The predicted octanol–water partition coefficient (Wildman–Crippen LogP) is -1.46. The number of aromatic nitrogens is 2. The summed E-state index contributed by atoms with van der Waals surface area (Å²) in [5, 5.41) is 69.8. The summed E-state index contributed by atoms with van der Waals surface area (Å²) in [6.07, 6.45) is -8.72. The van der Waals surface area contributed by atoms with Gasteiger partial charge in [0.25, 0.3) is 6.20 Å². The quantitative estimate of drug-likeness (QED) is 0.127. The van der Waals surface area contributed by atoms with E-state index in [0.717, 1.165) is 0 Å². The minimum atomic E-state index is -1.91. The summed E-state index contributed by atoms with van der Waals surface area (Å²) in [4.78, 5) is 23.3. The topological polar surface area (TPSA) is 231 Å². The summed E-state index contributed by atoms with van der Waals surface area (Å²) >= 11 is 0. The zero-order valence-electron chi connectivity index (χ0n) is 20.3. The van der Waals surface area contributed by atoms with Crippen molar-refractivity contribution >= 4 is 23.6 Å². The van der Waals surface area contributed by atoms with Crippen LogP contribution in [0.15, 0.2) is 59.3 Å². The molecule has 2 amide bonds. The third-order valence-corrected chi connectivity index (χ3v) is 5.99. The fourth-order valence-corrected chi connectivity index (χ4v) is 3.77. The molecule has 39 heavy (non-hydrogen) atoms. The van der Waals surface area contributed by atoms with Gasteiger partial charge in [-0.2, -0.15) is 0 Å². The average molecular weight is 546 g/mol. The number of carbonyl (C=O) groups is 2. The number of carboxylic acid groups (broad SMARTS) is 1. The van der Waals surface area contributed by atoms with Gasteiger partial charge in [0, 0.05) is 12.6 Å². The molecule has 15 heteroatoms. The normalized spacial score (nSPS) is 24.4. The van der Waals surface area contributed by atoms with Crippen molar-refractivity contribution in [3.8, 4) is 11.5 Å². The molecule has 3 aromatic rings. The minimum Gasteiger partial charge on any atom is -0.547 e. The van der Waals surface area contributed by atoms with Gasteiger partial charge in [0.2, 0.25) is 17.6 Å². The summed E-state index contributed by atoms with van der Waals surface area (Å²) in [7, 11) is 0. The number of urea groups is 1. The Labute approximate surface area is 220 Å². The standard InChI is InChI=1S/C24H25N4O11/c1-11(28-10-16(39-27-28)26-24(36)25-13-4-6-14(29)7-5-13)17(30)12-2-8-15(9-3-12)37-23-20(33)18(31)19(32)21(38-23)22(34)35/h2-11,17-21,23,30-33H,1H3,(H2,26,34,35,36)/q-1/p+1/t11?,17?,18-,19-,20+,21-,23+/m0/s1. The maximum atomic E-state index is 12.2. The molecule has 208 valence electrons. The van der Waals surface area contributed by atoms with E-state index in [4.69, 9.17) is 14.0 Å². The lowest BCUT2D eigenvalue weighted by molar-refractivity contribution is -0.789. The number of nitrogens with zero attached hydrogens (tertiary/aromatic N) is 2. The number of benzene rings is 2. The molecule has 0 radical (unpaired) electrons. The Balaban J connectivity index is 1.35. The Bertz CT molecular complexity index is 1280. The van der Waals surface area contributed by atoms with Crippen LogP contribution in [0.2, 0.25) is 0 Å². The summed E-state index contributed by atoms with van der Waals surface area (Å²) in [5.41, 5.74) is 0.865. The number of phenolic OH excluding ortho intramolecular Hbond substituents is 1. The lowest BCUT2D eigenvalue weighted by Crippen LogP contribution is -2.63. The third kappa shape index (κ3) is 6.42. The number of rotatable bonds is 8. The number of carboxylic acids is 1. The molecule has 1 fully saturated rings. The van der Waals surface area contributed by atoms with Crippen LogP contribution < -0.4 is 25.2 Å². The molecule has 1 saturated heterocycles. The highest BCUT2D eigenvalue weighted by molar-refractivity contribution is 5.98. The molecule has 1 aliphatic rings. The molecule has 0 spiro atoms. The smallest absolute Gasteiger partial charge is 0.326 e. The van der Waals surface area contributed by atoms with Gasteiger partial charge >= 0.3 is 11.9 Å². The molecule has 2 aromatic carbocycles. The maximum Gasteiger partial charge on any atom is 0.326 e. The molecule has 1 aliphatic heterocycles. The van der Waals surface area contributed by atoms with E-state index in [1.54, 1.807) is 6.92 Å². The molecule has 0 aliphatic carbocycles. The van der Waals surface area contributed by atoms with Crippen LogP contribution >= 0.6 is 0 Å². The van der Waals surface area contributed by atoms with Crippen LogP contribution in [0.3, 0.4) is 0 Å². The molecule has 0 bridgehead atoms. The predicted molar refractivity (Wildman–Crippen MR) is 126 cm³/mol. The van der Waals surface area contributed by atoms with Crippen molar-refractivity contribution in [2.45, 2.75) is 49.8 Å². The number of ether oxygens (including phenoxy) is 2. The molecule has 15 nitrogen and oxygen atoms in total. The highest BCUT2D eigenvalue weighted by atomic mass is 16.7. The highest BCUT2D eigenvalue weighted by Gasteiger charge is 2.45. The zero-order valence-corrected chi connectivity index (χ0v) is 20.3. The number of nitrogens with one attached hydrogen (secondary N) is 2. The van der Waals surface area contributed by atoms with E-state index in [1.807, 2.05) is 0 Å². The SMILES string of the molecule is CC(C(O)c1ccc(O[C@@H]2O[C@H](C(=O)[O-])[C@@H](O)[C@H](O)[C@H]2O)cc1)[n+]1cc(NC(=O)Nc2ccc(O)cc2)on1. The van der Waals surface area contributed by atoms with Gasteiger partial charge in [-0.05, 0) is 46.6 Å². The van der Waals surface area contributed by atoms with Gasteiger partial charge in [-0.1, -0.05) is 12.1 Å². The summed E-state index contributed by atoms with van der Waals surface area (Å²) < 4.78 is 16.9. The van der Waals surface area contributed by atoms with Crippen molar-refractivity contribution in [2.75, 3.05) is 10.6 Å². The molecule has 0 saturated carbocycles. The summed E-state index contributed by atoms with van der Waals surface area (Å²) in [6.45, 7) is 1.65. The van der Waals surface area contributed by atoms with Crippen molar-refractivity contribution in [2.24, 2.45) is 0 Å². The lowest BCUT2D eigenvalue weighted by atomic mass is 9.99. The van der Waals surface area contributed by atoms with E-state index >= 15 is 0 Å². The Morgan fingerprint density at radius 3 is 2.33 bits per heavy atom. The third-order valence-electron chi connectivity index (χ3n) is 5.99. The number of aliphatic hydroxyl groups is 4. The second-order valence-electron chi connectivity index (χ2n) is 8.76. The van der Waals surface area contributed by atoms with Crippen molar-refractivity contribution in [3.05, 3.63) is 60.3 Å². The van der Waals surface area contributed by atoms with Crippen LogP contribution in [0.5, 0.6) is 11.5 Å². The van der Waals surface area contributed by atoms with Gasteiger partial charge in [-0.3, -0.25) is 9.84 Å². The van der Waals surface area contributed by atoms with Crippen LogP contribution in [0, 0.1) is 0 Å². The number of hydrogen-bond donors (Lipinski definition) is 7. The van der Waals surface area contributed by atoms with Crippen molar-refractivity contribution in [1.82, 2.24) is 5.27 Å². The van der Waals surface area contributed by atoms with Crippen molar-refractivity contribution < 1.29 is 58.9 Å². The first-order chi connectivity index (χ1) is 18.5. The van der Waals surface area contributed by atoms with Gasteiger partial charge in [-0.15, -0.1) is 0 Å². The Morgan fingerprint density at radius 2 is 1.69 bits per heavy atom. The number of aliphatic carboxylic acids is 1. The van der Waals surface area contributed by atoms with Crippen LogP contribution in [-0.2, 0) is 9.53 Å². The first-order valence-electron chi connectivity index (χ1n) is 11.6. The summed E-state index contributed by atoms with van der Waals surface area (Å²) in [6, 6.07) is 10.4. The van der Waals surface area contributed by atoms with Crippen molar-refractivity contribution in [3.63, 3.8) is 0 Å². The van der Waals surface area contributed by atoms with E-state index in [9.17, 15) is 40.2 Å². The molecular formula is C24H26N4O11. The first kappa shape index (κ1) is 27.7. The van der Waals surface area contributed by atoms with Crippen molar-refractivity contribution in [1.29, 1.82) is 0 Å². The Morgan fingerprint density at radius 1 is 1.03 bits per heavy atom. The molecule has 2 heterocycles. The number of anilines is 2. The second-order valence-corrected chi connectivity index (χ2v) is 8.76.